The van der Waals surface area contributed by atoms with E-state index >= 15 is 0 Å². The highest BCUT2D eigenvalue weighted by Crippen LogP contribution is 2.25. The van der Waals surface area contributed by atoms with Gasteiger partial charge in [-0.1, -0.05) is 11.3 Å². The van der Waals surface area contributed by atoms with E-state index in [1.165, 1.54) is 24.6 Å². The summed E-state index contributed by atoms with van der Waals surface area (Å²) in [5.74, 6) is -1.01. The Balaban J connectivity index is 2.72. The lowest BCUT2D eigenvalue weighted by Crippen LogP contribution is -2.05. The number of nitrogens with zero attached hydrogens (tertiary/aromatic N) is 2. The number of aryl methyl sites for hydroxylation is 1. The molecule has 2 aromatic rings. The van der Waals surface area contributed by atoms with Gasteiger partial charge in [0, 0.05) is 18.9 Å². The summed E-state index contributed by atoms with van der Waals surface area (Å²) in [5, 5.41) is 9.90. The summed E-state index contributed by atoms with van der Waals surface area (Å²) < 4.78 is 5.01. The van der Waals surface area contributed by atoms with Crippen molar-refractivity contribution in [2.24, 2.45) is 0 Å². The van der Waals surface area contributed by atoms with E-state index in [0.717, 1.165) is 9.84 Å². The van der Waals surface area contributed by atoms with Gasteiger partial charge in [-0.2, -0.15) is 0 Å². The lowest BCUT2D eigenvalue weighted by Gasteiger charge is -2.04. The lowest BCUT2D eigenvalue weighted by molar-refractivity contribution is 0.0691. The van der Waals surface area contributed by atoms with Crippen LogP contribution >= 0.6 is 11.3 Å². The zero-order valence-corrected chi connectivity index (χ0v) is 9.67. The van der Waals surface area contributed by atoms with Crippen LogP contribution in [0.1, 0.15) is 20.9 Å². The first-order valence-electron chi connectivity index (χ1n) is 4.60. The van der Waals surface area contributed by atoms with Crippen molar-refractivity contribution >= 4 is 27.7 Å². The van der Waals surface area contributed by atoms with Crippen molar-refractivity contribution in [1.29, 1.82) is 0 Å². The van der Waals surface area contributed by atoms with Gasteiger partial charge in [-0.3, -0.25) is 0 Å². The van der Waals surface area contributed by atoms with Crippen LogP contribution < -0.4 is 0 Å². The first-order chi connectivity index (χ1) is 7.63. The minimum absolute atomic E-state index is 0.152. The Morgan fingerprint density at radius 1 is 1.62 bits per heavy atom. The summed E-state index contributed by atoms with van der Waals surface area (Å²) in [6.07, 6.45) is 1.36. The number of carboxylic acids is 1. The van der Waals surface area contributed by atoms with Crippen LogP contribution in [0.5, 0.6) is 0 Å². The molecule has 2 rings (SSSR count). The van der Waals surface area contributed by atoms with Gasteiger partial charge in [0.15, 0.2) is 0 Å². The Labute approximate surface area is 95.7 Å². The third kappa shape index (κ3) is 1.77. The van der Waals surface area contributed by atoms with Crippen LogP contribution in [0.3, 0.4) is 0 Å². The van der Waals surface area contributed by atoms with Crippen molar-refractivity contribution in [3.05, 3.63) is 22.3 Å². The highest BCUT2D eigenvalue weighted by Gasteiger charge is 2.16. The van der Waals surface area contributed by atoms with Crippen molar-refractivity contribution in [2.45, 2.75) is 13.5 Å². The fourth-order valence-corrected chi connectivity index (χ4v) is 2.29. The number of carboxylic acid groups (broad SMARTS) is 1. The molecule has 0 aliphatic rings. The molecule has 84 valence electrons. The molecule has 6 heteroatoms. The van der Waals surface area contributed by atoms with Crippen LogP contribution in [-0.2, 0) is 11.3 Å². The first-order valence-corrected chi connectivity index (χ1v) is 5.42. The molecule has 0 atom stereocenters. The molecule has 2 heterocycles. The molecule has 16 heavy (non-hydrogen) atoms. The second-order valence-electron chi connectivity index (χ2n) is 3.28. The summed E-state index contributed by atoms with van der Waals surface area (Å²) in [7, 11) is 1.52. The number of thiazole rings is 1. The lowest BCUT2D eigenvalue weighted by atomic mass is 10.1. The van der Waals surface area contributed by atoms with E-state index in [-0.39, 0.29) is 12.2 Å². The second-order valence-corrected chi connectivity index (χ2v) is 4.46. The maximum Gasteiger partial charge on any atom is 0.337 e. The molecular weight excluding hydrogens is 228 g/mol. The Kier molecular flexibility index (Phi) is 2.84. The summed E-state index contributed by atoms with van der Waals surface area (Å²) in [5.41, 5.74) is 1.37. The molecule has 0 aromatic carbocycles. The fourth-order valence-electron chi connectivity index (χ4n) is 1.50. The maximum atomic E-state index is 11.0. The van der Waals surface area contributed by atoms with Crippen LogP contribution in [0.2, 0.25) is 0 Å². The molecule has 0 spiro atoms. The van der Waals surface area contributed by atoms with E-state index in [1.54, 1.807) is 0 Å². The fraction of sp³-hybridized carbons (Fsp3) is 0.300. The largest absolute Gasteiger partial charge is 0.478 e. The molecule has 5 nitrogen and oxygen atoms in total. The number of rotatable bonds is 3. The third-order valence-electron chi connectivity index (χ3n) is 2.16. The molecule has 0 aliphatic carbocycles. The monoisotopic (exact) mass is 238 g/mol. The van der Waals surface area contributed by atoms with Gasteiger partial charge >= 0.3 is 5.97 Å². The van der Waals surface area contributed by atoms with Crippen LogP contribution in [0.25, 0.3) is 10.3 Å². The van der Waals surface area contributed by atoms with Gasteiger partial charge in [0.2, 0.25) is 0 Å². The van der Waals surface area contributed by atoms with Crippen LogP contribution in [-0.4, -0.2) is 28.2 Å². The number of hydrogen-bond donors (Lipinski definition) is 1. The predicted octanol–water partition coefficient (Wildman–Crippen LogP) is 1.84. The highest BCUT2D eigenvalue weighted by atomic mass is 32.1. The molecule has 0 aliphatic heterocycles. The average molecular weight is 238 g/mol. The standard InChI is InChI=1S/C10H10N2O3S/c1-5-12-8-7(4-15-2)6(10(13)14)3-11-9(8)16-5/h3H,4H2,1-2H3,(H,13,14). The van der Waals surface area contributed by atoms with Crippen molar-refractivity contribution in [1.82, 2.24) is 9.97 Å². The van der Waals surface area contributed by atoms with Gasteiger partial charge in [-0.25, -0.2) is 14.8 Å². The van der Waals surface area contributed by atoms with E-state index in [1.807, 2.05) is 6.92 Å². The molecular formula is C10H10N2O3S. The number of ether oxygens (including phenoxy) is 1. The second kappa shape index (κ2) is 4.15. The van der Waals surface area contributed by atoms with Crippen molar-refractivity contribution in [3.63, 3.8) is 0 Å². The molecule has 0 radical (unpaired) electrons. The number of methoxy groups -OCH3 is 1. The summed E-state index contributed by atoms with van der Waals surface area (Å²) in [6.45, 7) is 2.09. The van der Waals surface area contributed by atoms with E-state index in [0.29, 0.717) is 11.1 Å². The normalized spacial score (nSPS) is 10.9. The van der Waals surface area contributed by atoms with E-state index in [9.17, 15) is 4.79 Å². The van der Waals surface area contributed by atoms with Crippen molar-refractivity contribution in [3.8, 4) is 0 Å². The van der Waals surface area contributed by atoms with Crippen LogP contribution in [0, 0.1) is 6.92 Å². The Morgan fingerprint density at radius 2 is 2.38 bits per heavy atom. The Bertz CT molecular complexity index is 550. The molecule has 0 saturated heterocycles. The zero-order chi connectivity index (χ0) is 11.7. The minimum atomic E-state index is -1.01. The number of aromatic carboxylic acids is 1. The molecule has 0 fully saturated rings. The van der Waals surface area contributed by atoms with Crippen molar-refractivity contribution < 1.29 is 14.6 Å². The summed E-state index contributed by atoms with van der Waals surface area (Å²) in [6, 6.07) is 0. The SMILES string of the molecule is COCc1c(C(=O)O)cnc2sc(C)nc12. The molecule has 1 N–H and O–H groups in total. The molecule has 0 unspecified atom stereocenters. The number of fused-ring (bicyclic) bond motifs is 1. The van der Waals surface area contributed by atoms with Crippen molar-refractivity contribution in [2.75, 3.05) is 7.11 Å². The Hall–Kier alpha value is -1.53. The average Bonchev–Trinajstić information content (AvgIpc) is 2.59. The topological polar surface area (TPSA) is 72.3 Å². The molecule has 0 amide bonds. The van der Waals surface area contributed by atoms with Gasteiger partial charge in [0.1, 0.15) is 10.3 Å². The van der Waals surface area contributed by atoms with E-state index in [4.69, 9.17) is 9.84 Å². The molecule has 0 saturated carbocycles. The van der Waals surface area contributed by atoms with Gasteiger partial charge in [0.25, 0.3) is 0 Å². The van der Waals surface area contributed by atoms with Gasteiger partial charge in [-0.15, -0.1) is 0 Å². The highest BCUT2D eigenvalue weighted by molar-refractivity contribution is 7.18. The van der Waals surface area contributed by atoms with Gasteiger partial charge < -0.3 is 9.84 Å². The third-order valence-corrected chi connectivity index (χ3v) is 3.04. The predicted molar refractivity (Wildman–Crippen MR) is 59.8 cm³/mol. The van der Waals surface area contributed by atoms with Crippen LogP contribution in [0.4, 0.5) is 0 Å². The zero-order valence-electron chi connectivity index (χ0n) is 8.85. The van der Waals surface area contributed by atoms with Crippen LogP contribution in [0.15, 0.2) is 6.20 Å². The van der Waals surface area contributed by atoms with E-state index < -0.39 is 5.97 Å². The van der Waals surface area contributed by atoms with E-state index in [2.05, 4.69) is 9.97 Å². The first kappa shape index (κ1) is 11.0. The summed E-state index contributed by atoms with van der Waals surface area (Å²) in [4.78, 5) is 20.1. The minimum Gasteiger partial charge on any atom is -0.478 e. The Morgan fingerprint density at radius 3 is 3.00 bits per heavy atom. The number of hydrogen-bond acceptors (Lipinski definition) is 5. The molecule has 0 bridgehead atoms. The summed E-state index contributed by atoms with van der Waals surface area (Å²) >= 11 is 1.44. The van der Waals surface area contributed by atoms with Gasteiger partial charge in [-0.05, 0) is 6.92 Å². The maximum absolute atomic E-state index is 11.0. The quantitative estimate of drug-likeness (QED) is 0.883. The number of aromatic nitrogens is 2. The smallest absolute Gasteiger partial charge is 0.337 e. The van der Waals surface area contributed by atoms with Gasteiger partial charge in [0.05, 0.1) is 17.2 Å². The number of carbonyl (C=O) groups is 1. The molecule has 2 aromatic heterocycles. The number of pyridine rings is 1.